The third-order valence-corrected chi connectivity index (χ3v) is 4.10. The summed E-state index contributed by atoms with van der Waals surface area (Å²) in [6.45, 7) is 5.23. The molecule has 0 aliphatic rings. The van der Waals surface area contributed by atoms with Crippen molar-refractivity contribution in [3.63, 3.8) is 0 Å². The topological polar surface area (TPSA) is 94.1 Å². The number of anilines is 1. The van der Waals surface area contributed by atoms with E-state index in [1.807, 2.05) is 30.3 Å². The van der Waals surface area contributed by atoms with Crippen molar-refractivity contribution in [2.24, 2.45) is 0 Å². The Morgan fingerprint density at radius 3 is 2.50 bits per heavy atom. The third kappa shape index (κ3) is 2.73. The van der Waals surface area contributed by atoms with Crippen LogP contribution in [0.4, 0.5) is 5.69 Å². The molecule has 0 saturated carbocycles. The first-order chi connectivity index (χ1) is 12.5. The van der Waals surface area contributed by atoms with E-state index in [0.717, 1.165) is 5.56 Å². The molecule has 7 nitrogen and oxygen atoms in total. The summed E-state index contributed by atoms with van der Waals surface area (Å²) in [4.78, 5) is 21.4. The van der Waals surface area contributed by atoms with Crippen molar-refractivity contribution in [3.05, 3.63) is 59.1 Å². The van der Waals surface area contributed by atoms with Gasteiger partial charge < -0.3 is 14.3 Å². The number of hydrogen-bond donors (Lipinski definition) is 1. The lowest BCUT2D eigenvalue weighted by atomic mass is 10.2. The van der Waals surface area contributed by atoms with Crippen molar-refractivity contribution in [3.8, 4) is 11.5 Å². The molecule has 130 valence electrons. The standard InChI is InChI=1S/C19H16N4O3/c1-10-14(21-17(24)16-11(2)23-26-12(16)3)9-15-19(20-10)25-18(22-15)13-7-5-4-6-8-13/h4-9H,1-3H3,(H,21,24). The van der Waals surface area contributed by atoms with Crippen molar-refractivity contribution in [1.29, 1.82) is 0 Å². The van der Waals surface area contributed by atoms with Crippen LogP contribution in [-0.2, 0) is 0 Å². The molecule has 0 aliphatic heterocycles. The molecule has 4 rings (SSSR count). The van der Waals surface area contributed by atoms with Crippen LogP contribution in [0.25, 0.3) is 22.7 Å². The van der Waals surface area contributed by atoms with E-state index >= 15 is 0 Å². The molecule has 0 fully saturated rings. The SMILES string of the molecule is Cc1nc2oc(-c3ccccc3)nc2cc1NC(=O)c1c(C)noc1C. The molecule has 1 aromatic carbocycles. The lowest BCUT2D eigenvalue weighted by Crippen LogP contribution is -2.14. The summed E-state index contributed by atoms with van der Waals surface area (Å²) in [5, 5.41) is 6.66. The van der Waals surface area contributed by atoms with E-state index in [4.69, 9.17) is 8.94 Å². The van der Waals surface area contributed by atoms with Gasteiger partial charge in [-0.3, -0.25) is 4.79 Å². The molecule has 3 aromatic heterocycles. The van der Waals surface area contributed by atoms with E-state index in [9.17, 15) is 4.79 Å². The number of nitrogens with zero attached hydrogens (tertiary/aromatic N) is 3. The summed E-state index contributed by atoms with van der Waals surface area (Å²) in [6.07, 6.45) is 0. The predicted molar refractivity (Wildman–Crippen MR) is 95.9 cm³/mol. The molecule has 0 saturated heterocycles. The van der Waals surface area contributed by atoms with Crippen LogP contribution < -0.4 is 5.32 Å². The molecule has 4 aromatic rings. The smallest absolute Gasteiger partial charge is 0.261 e. The average Bonchev–Trinajstić information content (AvgIpc) is 3.18. The Morgan fingerprint density at radius 2 is 1.81 bits per heavy atom. The van der Waals surface area contributed by atoms with Crippen LogP contribution in [0.2, 0.25) is 0 Å². The molecule has 26 heavy (non-hydrogen) atoms. The molecule has 1 N–H and O–H groups in total. The number of hydrogen-bond acceptors (Lipinski definition) is 6. The first kappa shape index (κ1) is 16.0. The molecule has 3 heterocycles. The van der Waals surface area contributed by atoms with Crippen LogP contribution >= 0.6 is 0 Å². The van der Waals surface area contributed by atoms with Crippen LogP contribution in [-0.4, -0.2) is 21.0 Å². The number of benzene rings is 1. The molecule has 1 amide bonds. The second-order valence-corrected chi connectivity index (χ2v) is 5.98. The summed E-state index contributed by atoms with van der Waals surface area (Å²) < 4.78 is 10.8. The second-order valence-electron chi connectivity index (χ2n) is 5.98. The van der Waals surface area contributed by atoms with Crippen LogP contribution in [0.3, 0.4) is 0 Å². The molecule has 7 heteroatoms. The summed E-state index contributed by atoms with van der Waals surface area (Å²) >= 11 is 0. The van der Waals surface area contributed by atoms with Crippen molar-refractivity contribution in [2.75, 3.05) is 5.32 Å². The number of carbonyl (C=O) groups excluding carboxylic acids is 1. The maximum Gasteiger partial charge on any atom is 0.261 e. The van der Waals surface area contributed by atoms with Crippen LogP contribution in [0.5, 0.6) is 0 Å². The van der Waals surface area contributed by atoms with Gasteiger partial charge in [-0.25, -0.2) is 9.97 Å². The zero-order valence-electron chi connectivity index (χ0n) is 14.5. The van der Waals surface area contributed by atoms with Gasteiger partial charge in [0.2, 0.25) is 11.6 Å². The normalized spacial score (nSPS) is 11.0. The Bertz CT molecular complexity index is 1090. The van der Waals surface area contributed by atoms with Gasteiger partial charge in [0.15, 0.2) is 0 Å². The van der Waals surface area contributed by atoms with Crippen LogP contribution in [0.15, 0.2) is 45.3 Å². The van der Waals surface area contributed by atoms with E-state index < -0.39 is 0 Å². The predicted octanol–water partition coefficient (Wildman–Crippen LogP) is 4.06. The number of oxazole rings is 1. The highest BCUT2D eigenvalue weighted by Crippen LogP contribution is 2.26. The second kappa shape index (κ2) is 6.11. The number of nitrogens with one attached hydrogen (secondary N) is 1. The Kier molecular flexibility index (Phi) is 3.76. The van der Waals surface area contributed by atoms with Gasteiger partial charge in [-0.1, -0.05) is 23.4 Å². The lowest BCUT2D eigenvalue weighted by molar-refractivity contribution is 0.102. The quantitative estimate of drug-likeness (QED) is 0.600. The minimum atomic E-state index is -0.294. The van der Waals surface area contributed by atoms with Gasteiger partial charge in [-0.05, 0) is 39.0 Å². The third-order valence-electron chi connectivity index (χ3n) is 4.10. The summed E-state index contributed by atoms with van der Waals surface area (Å²) in [7, 11) is 0. The van der Waals surface area contributed by atoms with Gasteiger partial charge in [0.05, 0.1) is 17.1 Å². The Hall–Kier alpha value is -3.48. The molecule has 0 aliphatic carbocycles. The number of rotatable bonds is 3. The number of pyridine rings is 1. The Labute approximate surface area is 149 Å². The molecule has 0 unspecified atom stereocenters. The van der Waals surface area contributed by atoms with Crippen LogP contribution in [0.1, 0.15) is 27.5 Å². The van der Waals surface area contributed by atoms with Gasteiger partial charge in [0.25, 0.3) is 5.91 Å². The van der Waals surface area contributed by atoms with Gasteiger partial charge in [-0.15, -0.1) is 0 Å². The van der Waals surface area contributed by atoms with E-state index in [2.05, 4.69) is 20.4 Å². The summed E-state index contributed by atoms with van der Waals surface area (Å²) in [6, 6.07) is 11.3. The van der Waals surface area contributed by atoms with Gasteiger partial charge >= 0.3 is 0 Å². The summed E-state index contributed by atoms with van der Waals surface area (Å²) in [5.74, 6) is 0.665. The molecule has 0 spiro atoms. The lowest BCUT2D eigenvalue weighted by Gasteiger charge is -2.06. The fourth-order valence-corrected chi connectivity index (χ4v) is 2.77. The van der Waals surface area contributed by atoms with E-state index in [1.165, 1.54) is 0 Å². The maximum atomic E-state index is 12.5. The fourth-order valence-electron chi connectivity index (χ4n) is 2.77. The average molecular weight is 348 g/mol. The van der Waals surface area contributed by atoms with E-state index in [0.29, 0.717) is 45.5 Å². The van der Waals surface area contributed by atoms with E-state index in [-0.39, 0.29) is 5.91 Å². The van der Waals surface area contributed by atoms with Crippen molar-refractivity contribution < 1.29 is 13.7 Å². The number of aryl methyl sites for hydroxylation is 3. The molecular formula is C19H16N4O3. The molecular weight excluding hydrogens is 332 g/mol. The number of carbonyl (C=O) groups is 1. The number of fused-ring (bicyclic) bond motifs is 1. The van der Waals surface area contributed by atoms with Gasteiger partial charge in [0, 0.05) is 5.56 Å². The largest absolute Gasteiger partial charge is 0.418 e. The zero-order valence-corrected chi connectivity index (χ0v) is 14.5. The summed E-state index contributed by atoms with van der Waals surface area (Å²) in [5.41, 5.74) is 4.03. The molecule has 0 bridgehead atoms. The minimum Gasteiger partial charge on any atom is -0.418 e. The highest BCUT2D eigenvalue weighted by molar-refractivity contribution is 6.06. The maximum absolute atomic E-state index is 12.5. The number of amides is 1. The Balaban J connectivity index is 1.70. The first-order valence-electron chi connectivity index (χ1n) is 8.11. The number of aromatic nitrogens is 3. The van der Waals surface area contributed by atoms with Crippen molar-refractivity contribution in [1.82, 2.24) is 15.1 Å². The van der Waals surface area contributed by atoms with Gasteiger partial charge in [0.1, 0.15) is 16.8 Å². The minimum absolute atomic E-state index is 0.294. The highest BCUT2D eigenvalue weighted by Gasteiger charge is 2.19. The first-order valence-corrected chi connectivity index (χ1v) is 8.11. The molecule has 0 atom stereocenters. The fraction of sp³-hybridized carbons (Fsp3) is 0.158. The highest BCUT2D eigenvalue weighted by atomic mass is 16.5. The van der Waals surface area contributed by atoms with Gasteiger partial charge in [-0.2, -0.15) is 0 Å². The van der Waals surface area contributed by atoms with Crippen molar-refractivity contribution in [2.45, 2.75) is 20.8 Å². The Morgan fingerprint density at radius 1 is 1.04 bits per heavy atom. The van der Waals surface area contributed by atoms with Crippen molar-refractivity contribution >= 4 is 22.8 Å². The molecule has 0 radical (unpaired) electrons. The van der Waals surface area contributed by atoms with Crippen LogP contribution in [0, 0.1) is 20.8 Å². The van der Waals surface area contributed by atoms with E-state index in [1.54, 1.807) is 26.8 Å². The monoisotopic (exact) mass is 348 g/mol. The zero-order chi connectivity index (χ0) is 18.3.